The van der Waals surface area contributed by atoms with Crippen LogP contribution in [0.1, 0.15) is 38.1 Å². The van der Waals surface area contributed by atoms with E-state index in [-0.39, 0.29) is 12.0 Å². The van der Waals surface area contributed by atoms with E-state index < -0.39 is 0 Å². The number of rotatable bonds is 7. The van der Waals surface area contributed by atoms with Crippen molar-refractivity contribution < 1.29 is 13.9 Å². The molecule has 1 unspecified atom stereocenters. The molecule has 2 heterocycles. The maximum absolute atomic E-state index is 12.1. The molecule has 1 N–H and O–H groups in total. The third-order valence-corrected chi connectivity index (χ3v) is 4.79. The van der Waals surface area contributed by atoms with Gasteiger partial charge in [-0.3, -0.25) is 9.69 Å². The SMILES string of the molecule is Cc1ccc2nc(CCCNC(=O)CC3CN(C(C)C)CCO3)oc2c1. The number of hydrogen-bond donors (Lipinski definition) is 1. The summed E-state index contributed by atoms with van der Waals surface area (Å²) in [6.07, 6.45) is 1.94. The summed E-state index contributed by atoms with van der Waals surface area (Å²) in [7, 11) is 0. The van der Waals surface area contributed by atoms with Crippen molar-refractivity contribution >= 4 is 17.0 Å². The Morgan fingerprint density at radius 2 is 2.27 bits per heavy atom. The van der Waals surface area contributed by atoms with Crippen molar-refractivity contribution in [2.24, 2.45) is 0 Å². The van der Waals surface area contributed by atoms with Gasteiger partial charge in [0.2, 0.25) is 5.91 Å². The van der Waals surface area contributed by atoms with Gasteiger partial charge in [-0.2, -0.15) is 0 Å². The summed E-state index contributed by atoms with van der Waals surface area (Å²) in [5.74, 6) is 0.775. The van der Waals surface area contributed by atoms with Crippen LogP contribution in [0.3, 0.4) is 0 Å². The zero-order valence-corrected chi connectivity index (χ0v) is 16.0. The first kappa shape index (κ1) is 18.9. The topological polar surface area (TPSA) is 67.6 Å². The third-order valence-electron chi connectivity index (χ3n) is 4.79. The molecule has 1 aromatic carbocycles. The largest absolute Gasteiger partial charge is 0.441 e. The number of oxazole rings is 1. The Morgan fingerprint density at radius 3 is 3.08 bits per heavy atom. The molecule has 6 nitrogen and oxygen atoms in total. The Morgan fingerprint density at radius 1 is 1.42 bits per heavy atom. The second kappa shape index (κ2) is 8.64. The fourth-order valence-electron chi connectivity index (χ4n) is 3.27. The van der Waals surface area contributed by atoms with Crippen LogP contribution in [0.4, 0.5) is 0 Å². The van der Waals surface area contributed by atoms with Crippen LogP contribution in [0.2, 0.25) is 0 Å². The highest BCUT2D eigenvalue weighted by Gasteiger charge is 2.24. The lowest BCUT2D eigenvalue weighted by atomic mass is 10.1. The Bertz CT molecular complexity index is 741. The second-order valence-corrected chi connectivity index (χ2v) is 7.32. The molecule has 26 heavy (non-hydrogen) atoms. The van der Waals surface area contributed by atoms with E-state index in [9.17, 15) is 4.79 Å². The van der Waals surface area contributed by atoms with Gasteiger partial charge in [-0.15, -0.1) is 0 Å². The average Bonchev–Trinajstić information content (AvgIpc) is 3.00. The van der Waals surface area contributed by atoms with Gasteiger partial charge in [0.15, 0.2) is 11.5 Å². The quantitative estimate of drug-likeness (QED) is 0.770. The van der Waals surface area contributed by atoms with Gasteiger partial charge in [-0.05, 0) is 44.9 Å². The Balaban J connectivity index is 1.38. The predicted molar refractivity (Wildman–Crippen MR) is 101 cm³/mol. The molecule has 142 valence electrons. The normalized spacial score (nSPS) is 18.5. The van der Waals surface area contributed by atoms with Crippen molar-refractivity contribution in [1.29, 1.82) is 0 Å². The van der Waals surface area contributed by atoms with Gasteiger partial charge in [0.05, 0.1) is 19.1 Å². The Hall–Kier alpha value is -1.92. The van der Waals surface area contributed by atoms with Gasteiger partial charge in [0.25, 0.3) is 0 Å². The molecule has 0 bridgehead atoms. The van der Waals surface area contributed by atoms with Crippen molar-refractivity contribution in [3.63, 3.8) is 0 Å². The molecule has 1 aliphatic heterocycles. The van der Waals surface area contributed by atoms with Crippen LogP contribution < -0.4 is 5.32 Å². The number of morpholine rings is 1. The molecule has 0 aliphatic carbocycles. The van der Waals surface area contributed by atoms with Crippen LogP contribution in [-0.2, 0) is 16.0 Å². The fraction of sp³-hybridized carbons (Fsp3) is 0.600. The molecule has 1 fully saturated rings. The summed E-state index contributed by atoms with van der Waals surface area (Å²) < 4.78 is 11.5. The molecule has 1 saturated heterocycles. The number of carbonyl (C=O) groups is 1. The van der Waals surface area contributed by atoms with E-state index in [0.29, 0.717) is 25.6 Å². The smallest absolute Gasteiger partial charge is 0.222 e. The molecule has 0 saturated carbocycles. The van der Waals surface area contributed by atoms with E-state index in [4.69, 9.17) is 9.15 Å². The number of fused-ring (bicyclic) bond motifs is 1. The minimum Gasteiger partial charge on any atom is -0.441 e. The van der Waals surface area contributed by atoms with Crippen molar-refractivity contribution in [3.8, 4) is 0 Å². The van der Waals surface area contributed by atoms with Crippen LogP contribution >= 0.6 is 0 Å². The maximum atomic E-state index is 12.1. The summed E-state index contributed by atoms with van der Waals surface area (Å²) in [4.78, 5) is 19.0. The van der Waals surface area contributed by atoms with Crippen molar-refractivity contribution in [2.45, 2.75) is 52.2 Å². The molecule has 2 aromatic rings. The zero-order valence-electron chi connectivity index (χ0n) is 16.0. The van der Waals surface area contributed by atoms with Crippen LogP contribution in [0.25, 0.3) is 11.1 Å². The van der Waals surface area contributed by atoms with Crippen LogP contribution in [0.5, 0.6) is 0 Å². The van der Waals surface area contributed by atoms with E-state index >= 15 is 0 Å². The first-order valence-corrected chi connectivity index (χ1v) is 9.49. The fourth-order valence-corrected chi connectivity index (χ4v) is 3.27. The molecule has 1 amide bonds. The lowest BCUT2D eigenvalue weighted by Gasteiger charge is -2.35. The van der Waals surface area contributed by atoms with E-state index in [0.717, 1.165) is 48.5 Å². The number of hydrogen-bond acceptors (Lipinski definition) is 5. The standard InChI is InChI=1S/C20H29N3O3/c1-14(2)23-9-10-25-16(13-23)12-19(24)21-8-4-5-20-22-17-7-6-15(3)11-18(17)26-20/h6-7,11,14,16H,4-5,8-10,12-13H2,1-3H3,(H,21,24). The maximum Gasteiger partial charge on any atom is 0.222 e. The van der Waals surface area contributed by atoms with Gasteiger partial charge in [-0.1, -0.05) is 6.07 Å². The number of aryl methyl sites for hydroxylation is 2. The Labute approximate surface area is 154 Å². The van der Waals surface area contributed by atoms with Gasteiger partial charge in [0.1, 0.15) is 5.52 Å². The molecule has 3 rings (SSSR count). The number of nitrogens with zero attached hydrogens (tertiary/aromatic N) is 2. The summed E-state index contributed by atoms with van der Waals surface area (Å²) in [6.45, 7) is 9.48. The van der Waals surface area contributed by atoms with Crippen molar-refractivity contribution in [3.05, 3.63) is 29.7 Å². The summed E-state index contributed by atoms with van der Waals surface area (Å²) in [6, 6.07) is 6.50. The molecule has 1 atom stereocenters. The van der Waals surface area contributed by atoms with Crippen molar-refractivity contribution in [1.82, 2.24) is 15.2 Å². The average molecular weight is 359 g/mol. The number of benzene rings is 1. The van der Waals surface area contributed by atoms with Gasteiger partial charge >= 0.3 is 0 Å². The second-order valence-electron chi connectivity index (χ2n) is 7.32. The summed E-state index contributed by atoms with van der Waals surface area (Å²) in [5.41, 5.74) is 2.88. The number of ether oxygens (including phenoxy) is 1. The first-order chi connectivity index (χ1) is 12.5. The van der Waals surface area contributed by atoms with E-state index in [1.807, 2.05) is 25.1 Å². The van der Waals surface area contributed by atoms with Gasteiger partial charge in [-0.25, -0.2) is 4.98 Å². The van der Waals surface area contributed by atoms with Gasteiger partial charge < -0.3 is 14.5 Å². The summed E-state index contributed by atoms with van der Waals surface area (Å²) in [5, 5.41) is 2.98. The lowest BCUT2D eigenvalue weighted by molar-refractivity contribution is -0.126. The molecule has 0 radical (unpaired) electrons. The Kier molecular flexibility index (Phi) is 6.27. The lowest BCUT2D eigenvalue weighted by Crippen LogP contribution is -2.47. The van der Waals surface area contributed by atoms with Gasteiger partial charge in [0, 0.05) is 32.1 Å². The van der Waals surface area contributed by atoms with Crippen molar-refractivity contribution in [2.75, 3.05) is 26.2 Å². The van der Waals surface area contributed by atoms with Crippen LogP contribution in [0, 0.1) is 6.92 Å². The third kappa shape index (κ3) is 5.05. The highest BCUT2D eigenvalue weighted by Crippen LogP contribution is 2.17. The molecule has 6 heteroatoms. The van der Waals surface area contributed by atoms with E-state index in [1.54, 1.807) is 0 Å². The number of nitrogens with one attached hydrogen (secondary N) is 1. The molecule has 1 aliphatic rings. The minimum absolute atomic E-state index is 0.00794. The summed E-state index contributed by atoms with van der Waals surface area (Å²) >= 11 is 0. The predicted octanol–water partition coefficient (Wildman–Crippen LogP) is 2.68. The molecule has 1 aromatic heterocycles. The number of aromatic nitrogens is 1. The zero-order chi connectivity index (χ0) is 18.5. The minimum atomic E-state index is -0.00794. The van der Waals surface area contributed by atoms with Crippen LogP contribution in [0.15, 0.2) is 22.6 Å². The van der Waals surface area contributed by atoms with Crippen LogP contribution in [-0.4, -0.2) is 54.2 Å². The van der Waals surface area contributed by atoms with E-state index in [2.05, 4.69) is 29.0 Å². The number of amides is 1. The highest BCUT2D eigenvalue weighted by atomic mass is 16.5. The highest BCUT2D eigenvalue weighted by molar-refractivity contribution is 5.76. The molecular weight excluding hydrogens is 330 g/mol. The van der Waals surface area contributed by atoms with E-state index in [1.165, 1.54) is 0 Å². The first-order valence-electron chi connectivity index (χ1n) is 9.49. The number of carbonyl (C=O) groups excluding carboxylic acids is 1. The molecular formula is C20H29N3O3. The monoisotopic (exact) mass is 359 g/mol. The molecule has 0 spiro atoms.